The quantitative estimate of drug-likeness (QED) is 0.927. The number of rotatable bonds is 3. The number of nitriles is 1. The lowest BCUT2D eigenvalue weighted by atomic mass is 10.1. The van der Waals surface area contributed by atoms with Crippen LogP contribution in [0.15, 0.2) is 42.7 Å². The third-order valence-corrected chi connectivity index (χ3v) is 4.47. The van der Waals surface area contributed by atoms with Gasteiger partial charge in [-0.3, -0.25) is 14.7 Å². The van der Waals surface area contributed by atoms with Crippen molar-refractivity contribution >= 4 is 5.91 Å². The number of hydrogen-bond donors (Lipinski definition) is 1. The van der Waals surface area contributed by atoms with Gasteiger partial charge in [0.15, 0.2) is 0 Å². The lowest BCUT2D eigenvalue weighted by Gasteiger charge is -2.40. The maximum Gasteiger partial charge on any atom is 0.254 e. The molecule has 1 fully saturated rings. The summed E-state index contributed by atoms with van der Waals surface area (Å²) in [6.07, 6.45) is 3.62. The van der Waals surface area contributed by atoms with Gasteiger partial charge in [0.05, 0.1) is 5.56 Å². The van der Waals surface area contributed by atoms with Gasteiger partial charge < -0.3 is 10.0 Å². The summed E-state index contributed by atoms with van der Waals surface area (Å²) in [4.78, 5) is 21.0. The second-order valence-corrected chi connectivity index (χ2v) is 6.29. The predicted molar refractivity (Wildman–Crippen MR) is 92.8 cm³/mol. The fourth-order valence-electron chi connectivity index (χ4n) is 3.15. The van der Waals surface area contributed by atoms with Crippen LogP contribution in [0.25, 0.3) is 0 Å². The Kier molecular flexibility index (Phi) is 4.96. The van der Waals surface area contributed by atoms with Crippen LogP contribution in [-0.4, -0.2) is 51.5 Å². The Labute approximate surface area is 146 Å². The van der Waals surface area contributed by atoms with E-state index in [4.69, 9.17) is 5.26 Å². The second kappa shape index (κ2) is 7.32. The molecule has 1 aliphatic rings. The molecule has 6 nitrogen and oxygen atoms in total. The number of piperazine rings is 1. The summed E-state index contributed by atoms with van der Waals surface area (Å²) in [7, 11) is 0. The molecule has 0 radical (unpaired) electrons. The fourth-order valence-corrected chi connectivity index (χ4v) is 3.15. The van der Waals surface area contributed by atoms with E-state index in [0.717, 1.165) is 25.2 Å². The number of hydrogen-bond acceptors (Lipinski definition) is 5. The van der Waals surface area contributed by atoms with E-state index in [-0.39, 0.29) is 23.3 Å². The number of benzene rings is 1. The molecule has 1 N–H and O–H groups in total. The molecule has 0 spiro atoms. The molecule has 0 saturated carbocycles. The zero-order valence-electron chi connectivity index (χ0n) is 14.1. The van der Waals surface area contributed by atoms with Gasteiger partial charge in [-0.05, 0) is 36.8 Å². The van der Waals surface area contributed by atoms with Gasteiger partial charge in [0.25, 0.3) is 5.91 Å². The van der Waals surface area contributed by atoms with Crippen LogP contribution in [-0.2, 0) is 6.54 Å². The highest BCUT2D eigenvalue weighted by molar-refractivity contribution is 5.95. The van der Waals surface area contributed by atoms with Crippen LogP contribution in [0.3, 0.4) is 0 Å². The van der Waals surface area contributed by atoms with Gasteiger partial charge in [-0.15, -0.1) is 0 Å². The number of carbonyl (C=O) groups excluding carboxylic acids is 1. The molecule has 25 heavy (non-hydrogen) atoms. The van der Waals surface area contributed by atoms with E-state index in [0.29, 0.717) is 12.1 Å². The van der Waals surface area contributed by atoms with E-state index < -0.39 is 0 Å². The van der Waals surface area contributed by atoms with Gasteiger partial charge in [0, 0.05) is 50.2 Å². The molecule has 2 aromatic rings. The third-order valence-electron chi connectivity index (χ3n) is 4.47. The minimum Gasteiger partial charge on any atom is -0.507 e. The smallest absolute Gasteiger partial charge is 0.254 e. The van der Waals surface area contributed by atoms with E-state index >= 15 is 0 Å². The maximum absolute atomic E-state index is 12.7. The third kappa shape index (κ3) is 3.78. The van der Waals surface area contributed by atoms with Crippen LogP contribution in [0.4, 0.5) is 0 Å². The van der Waals surface area contributed by atoms with Crippen molar-refractivity contribution < 1.29 is 9.90 Å². The molecule has 1 aliphatic heterocycles. The summed E-state index contributed by atoms with van der Waals surface area (Å²) in [6, 6.07) is 10.4. The Morgan fingerprint density at radius 1 is 1.40 bits per heavy atom. The number of phenols is 1. The highest BCUT2D eigenvalue weighted by atomic mass is 16.3. The molecule has 1 aromatic heterocycles. The molecule has 2 heterocycles. The molecule has 1 amide bonds. The Morgan fingerprint density at radius 2 is 2.24 bits per heavy atom. The Hall–Kier alpha value is -2.91. The SMILES string of the molecule is CC1CN(Cc2cccnc2)CCN1C(=O)c1ccc(C#N)c(O)c1. The van der Waals surface area contributed by atoms with Crippen LogP contribution in [0.2, 0.25) is 0 Å². The number of nitrogens with zero attached hydrogens (tertiary/aromatic N) is 4. The zero-order valence-corrected chi connectivity index (χ0v) is 14.1. The van der Waals surface area contributed by atoms with Crippen molar-refractivity contribution in [1.82, 2.24) is 14.8 Å². The first-order chi connectivity index (χ1) is 12.1. The largest absolute Gasteiger partial charge is 0.507 e. The molecule has 128 valence electrons. The second-order valence-electron chi connectivity index (χ2n) is 6.29. The molecule has 0 aliphatic carbocycles. The number of amides is 1. The number of aromatic hydroxyl groups is 1. The molecule has 6 heteroatoms. The average Bonchev–Trinajstić information content (AvgIpc) is 2.62. The fraction of sp³-hybridized carbons (Fsp3) is 0.316. The van der Waals surface area contributed by atoms with Gasteiger partial charge in [0.1, 0.15) is 11.8 Å². The molecule has 1 aromatic carbocycles. The minimum atomic E-state index is -0.156. The Bertz CT molecular complexity index is 801. The summed E-state index contributed by atoms with van der Waals surface area (Å²) >= 11 is 0. The number of pyridine rings is 1. The highest BCUT2D eigenvalue weighted by Gasteiger charge is 2.28. The molecule has 1 saturated heterocycles. The monoisotopic (exact) mass is 336 g/mol. The normalized spacial score (nSPS) is 17.9. The topological polar surface area (TPSA) is 80.5 Å². The van der Waals surface area contributed by atoms with Crippen molar-refractivity contribution in [2.45, 2.75) is 19.5 Å². The Balaban J connectivity index is 1.66. The molecule has 1 unspecified atom stereocenters. The van der Waals surface area contributed by atoms with Gasteiger partial charge >= 0.3 is 0 Å². The van der Waals surface area contributed by atoms with Crippen molar-refractivity contribution in [2.24, 2.45) is 0 Å². The standard InChI is InChI=1S/C19H20N4O2/c1-14-12-22(13-15-3-2-6-21-11-15)7-8-23(14)19(25)16-4-5-17(10-20)18(24)9-16/h2-6,9,11,14,24H,7-8,12-13H2,1H3. The Morgan fingerprint density at radius 3 is 2.88 bits per heavy atom. The molecular weight excluding hydrogens is 316 g/mol. The predicted octanol–water partition coefficient (Wildman–Crippen LogP) is 2.01. The van der Waals surface area contributed by atoms with Gasteiger partial charge in [-0.25, -0.2) is 0 Å². The average molecular weight is 336 g/mol. The lowest BCUT2D eigenvalue weighted by molar-refractivity contribution is 0.0475. The lowest BCUT2D eigenvalue weighted by Crippen LogP contribution is -2.53. The van der Waals surface area contributed by atoms with Crippen molar-refractivity contribution in [3.63, 3.8) is 0 Å². The van der Waals surface area contributed by atoms with E-state index in [2.05, 4.69) is 16.0 Å². The summed E-state index contributed by atoms with van der Waals surface area (Å²) in [5, 5.41) is 18.7. The van der Waals surface area contributed by atoms with Crippen LogP contribution in [0, 0.1) is 11.3 Å². The van der Waals surface area contributed by atoms with Gasteiger partial charge in [0.2, 0.25) is 0 Å². The van der Waals surface area contributed by atoms with Crippen molar-refractivity contribution in [1.29, 1.82) is 5.26 Å². The van der Waals surface area contributed by atoms with Crippen LogP contribution >= 0.6 is 0 Å². The van der Waals surface area contributed by atoms with E-state index in [1.165, 1.54) is 12.1 Å². The first kappa shape index (κ1) is 16.9. The summed E-state index contributed by atoms with van der Waals surface area (Å²) in [5.41, 5.74) is 1.74. The van der Waals surface area contributed by atoms with Gasteiger partial charge in [-0.1, -0.05) is 6.07 Å². The first-order valence-corrected chi connectivity index (χ1v) is 8.24. The minimum absolute atomic E-state index is 0.0655. The zero-order chi connectivity index (χ0) is 17.8. The van der Waals surface area contributed by atoms with Crippen molar-refractivity contribution in [3.8, 4) is 11.8 Å². The first-order valence-electron chi connectivity index (χ1n) is 8.24. The van der Waals surface area contributed by atoms with Crippen LogP contribution in [0.5, 0.6) is 5.75 Å². The van der Waals surface area contributed by atoms with E-state index in [1.807, 2.05) is 30.2 Å². The van der Waals surface area contributed by atoms with Crippen molar-refractivity contribution in [2.75, 3.05) is 19.6 Å². The number of phenolic OH excluding ortho intramolecular Hbond substituents is 1. The molecule has 3 rings (SSSR count). The molecule has 0 bridgehead atoms. The maximum atomic E-state index is 12.7. The van der Waals surface area contributed by atoms with Crippen LogP contribution < -0.4 is 0 Å². The van der Waals surface area contributed by atoms with E-state index in [1.54, 1.807) is 12.3 Å². The van der Waals surface area contributed by atoms with Gasteiger partial charge in [-0.2, -0.15) is 5.26 Å². The summed E-state index contributed by atoms with van der Waals surface area (Å²) < 4.78 is 0. The number of carbonyl (C=O) groups is 1. The highest BCUT2D eigenvalue weighted by Crippen LogP contribution is 2.21. The summed E-state index contributed by atoms with van der Waals surface area (Å²) in [5.74, 6) is -0.274. The van der Waals surface area contributed by atoms with Crippen LogP contribution in [0.1, 0.15) is 28.4 Å². The van der Waals surface area contributed by atoms with Crippen molar-refractivity contribution in [3.05, 3.63) is 59.4 Å². The summed E-state index contributed by atoms with van der Waals surface area (Å²) in [6.45, 7) is 5.03. The molecule has 1 atom stereocenters. The molecular formula is C19H20N4O2. The number of aromatic nitrogens is 1. The van der Waals surface area contributed by atoms with E-state index in [9.17, 15) is 9.90 Å².